The molecule has 0 saturated heterocycles. The second-order valence-corrected chi connectivity index (χ2v) is 26.9. The van der Waals surface area contributed by atoms with Gasteiger partial charge in [-0.05, 0) is 135 Å². The van der Waals surface area contributed by atoms with Gasteiger partial charge in [-0.1, -0.05) is 46.2 Å². The number of phenols is 1. The van der Waals surface area contributed by atoms with E-state index < -0.39 is 241 Å². The van der Waals surface area contributed by atoms with Crippen LogP contribution in [0.3, 0.4) is 0 Å². The van der Waals surface area contributed by atoms with E-state index in [4.69, 9.17) is 17.2 Å². The van der Waals surface area contributed by atoms with Crippen LogP contribution in [0.1, 0.15) is 144 Å². The van der Waals surface area contributed by atoms with Gasteiger partial charge in [0, 0.05) is 24.3 Å². The number of phenolic OH excluding ortho intramolecular Hbond substituents is 1. The van der Waals surface area contributed by atoms with Crippen molar-refractivity contribution < 1.29 is 112 Å². The van der Waals surface area contributed by atoms with Gasteiger partial charge in [-0.2, -0.15) is 25.3 Å². The number of thiol groups is 2. The minimum Gasteiger partial charge on any atom is -0.508 e. The van der Waals surface area contributed by atoms with Crippen molar-refractivity contribution in [2.75, 3.05) is 24.6 Å². The van der Waals surface area contributed by atoms with Crippen LogP contribution in [0.15, 0.2) is 24.3 Å². The molecule has 0 aliphatic carbocycles. The Balaban J connectivity index is 3.32. The minimum atomic E-state index is -1.93. The zero-order valence-electron chi connectivity index (χ0n) is 61.1. The smallest absolute Gasteiger partial charge is 0.326 e. The van der Waals surface area contributed by atoms with Gasteiger partial charge in [0.05, 0.1) is 18.6 Å². The summed E-state index contributed by atoms with van der Waals surface area (Å²) in [5.41, 5.74) is 17.9. The third-order valence-electron chi connectivity index (χ3n) is 16.5. The van der Waals surface area contributed by atoms with Crippen molar-refractivity contribution in [2.24, 2.45) is 29.0 Å². The number of nitrogens with two attached hydrogens (primary N) is 3. The molecule has 25 N–H and O–H groups in total. The predicted molar refractivity (Wildman–Crippen MR) is 390 cm³/mol. The summed E-state index contributed by atoms with van der Waals surface area (Å²) in [6, 6.07) is -15.7. The number of nitrogens with one attached hydrogen (secondary N) is 13. The Labute approximate surface area is 629 Å². The van der Waals surface area contributed by atoms with E-state index in [1.54, 1.807) is 39.8 Å². The fourth-order valence-corrected chi connectivity index (χ4v) is 10.5. The molecule has 1 aromatic carbocycles. The van der Waals surface area contributed by atoms with Gasteiger partial charge in [-0.15, -0.1) is 0 Å². The number of aromatic hydroxyl groups is 1. The average Bonchev–Trinajstić information content (AvgIpc) is 0.854. The number of rotatable bonds is 52. The number of hydrogen-bond acceptors (Lipinski definition) is 24. The van der Waals surface area contributed by atoms with Crippen molar-refractivity contribution in [1.82, 2.24) is 69.1 Å². The summed E-state index contributed by atoms with van der Waals surface area (Å²) in [4.78, 5) is 225. The largest absolute Gasteiger partial charge is 0.508 e. The fraction of sp³-hybridized carbons (Fsp3) is 0.652. The van der Waals surface area contributed by atoms with E-state index in [0.29, 0.717) is 31.2 Å². The number of amides is 13. The van der Waals surface area contributed by atoms with E-state index in [0.717, 1.165) is 20.8 Å². The number of benzene rings is 1. The van der Waals surface area contributed by atoms with Gasteiger partial charge in [0.15, 0.2) is 0 Å². The topological polar surface area (TPSA) is 646 Å². The van der Waals surface area contributed by atoms with Crippen LogP contribution in [-0.4, -0.2) is 247 Å². The second kappa shape index (κ2) is 49.4. The van der Waals surface area contributed by atoms with Crippen molar-refractivity contribution in [2.45, 2.75) is 236 Å². The summed E-state index contributed by atoms with van der Waals surface area (Å²) in [5, 5.41) is 89.3. The number of carboxylic acid groups (broad SMARTS) is 4. The maximum atomic E-state index is 14.2. The zero-order chi connectivity index (χ0) is 81.5. The molecule has 602 valence electrons. The third kappa shape index (κ3) is 36.1. The SMILES string of the molecule is CC[C@H](C)[C@H](NC(=O)[C@H](C)NC(=O)[C@H](CCCCN)NC(=O)[C@@H](N)Cc1ccc(O)cc1)C(=O)N[C@@H](CC(C)C)C(=O)N[C@H](C(=O)N[C@@H](CCC(=O)O)C(=O)N[C@@H](CS)C(=O)N[C@@H](CS)C(=O)N[C@@H](CCC(=O)O)C(=O)N[C@@H](C)C(=O)N[C@@H](C)C(=O)N[C@@H](CC(=O)O)C(=O)N[C@@H](CCCCN)C(=O)O)[C@@H](C)O. The molecule has 39 nitrogen and oxygen atoms in total. The molecule has 0 aliphatic heterocycles. The zero-order valence-corrected chi connectivity index (χ0v) is 62.9. The molecule has 0 bridgehead atoms. The van der Waals surface area contributed by atoms with E-state index in [9.17, 15) is 112 Å². The van der Waals surface area contributed by atoms with Crippen LogP contribution in [0.4, 0.5) is 0 Å². The molecule has 0 saturated carbocycles. The maximum absolute atomic E-state index is 14.2. The Morgan fingerprint density at radius 3 is 1.18 bits per heavy atom. The summed E-state index contributed by atoms with van der Waals surface area (Å²) < 4.78 is 0. The molecular formula is C66H108N16O23S2. The number of carboxylic acids is 4. The number of aliphatic carboxylic acids is 4. The average molecular weight is 1560 g/mol. The molecule has 0 aromatic heterocycles. The van der Waals surface area contributed by atoms with E-state index in [1.807, 2.05) is 0 Å². The Morgan fingerprint density at radius 2 is 0.748 bits per heavy atom. The van der Waals surface area contributed by atoms with Gasteiger partial charge in [-0.3, -0.25) is 76.7 Å². The number of carbonyl (C=O) groups is 17. The first kappa shape index (κ1) is 95.6. The van der Waals surface area contributed by atoms with Crippen LogP contribution >= 0.6 is 25.3 Å². The van der Waals surface area contributed by atoms with Crippen molar-refractivity contribution in [1.29, 1.82) is 0 Å². The van der Waals surface area contributed by atoms with Gasteiger partial charge < -0.3 is 117 Å². The number of aliphatic hydroxyl groups is 1. The van der Waals surface area contributed by atoms with Crippen LogP contribution in [0.5, 0.6) is 5.75 Å². The standard InChI is InChI=1S/C66H108N16O23S2/c1-9-32(4)51(81-55(93)35(7)72-57(95)40(14-10-12-24-67)73-56(94)39(69)27-37-16-18-38(84)19-17-37)64(102)78-44(26-31(2)3)61(99)82-52(36(8)83)65(103)75-42(21-23-49(87)88)59(97)79-47(30-107)63(101)80-46(29-106)62(100)74-41(20-22-48(85)86)58(96)71-33(5)53(91)70-34(6)54(92)77-45(28-50(89)90)60(98)76-43(66(104)105)15-11-13-25-68/h16-19,31-36,39-47,51-52,83-84,106-107H,9-15,20-30,67-69H2,1-8H3,(H,70,91)(H,71,96)(H,72,95)(H,73,94)(H,74,100)(H,75,103)(H,76,98)(H,77,92)(H,78,102)(H,79,97)(H,80,101)(H,81,93)(H,82,99)(H,85,86)(H,87,88)(H,89,90)(H,104,105)/t32-,33-,34-,35-,36+,39-,40-,41-,42-,43-,44-,45-,46-,47-,51-,52-/m0/s1. The van der Waals surface area contributed by atoms with Gasteiger partial charge in [0.2, 0.25) is 76.8 Å². The highest BCUT2D eigenvalue weighted by Crippen LogP contribution is 2.15. The van der Waals surface area contributed by atoms with Gasteiger partial charge in [-0.25, -0.2) is 4.79 Å². The van der Waals surface area contributed by atoms with Gasteiger partial charge in [0.25, 0.3) is 0 Å². The maximum Gasteiger partial charge on any atom is 0.326 e. The molecule has 0 radical (unpaired) electrons. The predicted octanol–water partition coefficient (Wildman–Crippen LogP) is -5.50. The number of aliphatic hydroxyl groups excluding tert-OH is 1. The highest BCUT2D eigenvalue weighted by Gasteiger charge is 2.39. The van der Waals surface area contributed by atoms with Crippen LogP contribution < -0.4 is 86.3 Å². The summed E-state index contributed by atoms with van der Waals surface area (Å²) >= 11 is 8.25. The molecule has 13 amide bonds. The van der Waals surface area contributed by atoms with Gasteiger partial charge >= 0.3 is 23.9 Å². The molecule has 16 atom stereocenters. The molecule has 0 fully saturated rings. The number of carbonyl (C=O) groups excluding carboxylic acids is 13. The molecule has 0 spiro atoms. The first-order chi connectivity index (χ1) is 50.1. The number of hydrogen-bond donors (Lipinski definition) is 24. The molecule has 41 heteroatoms. The lowest BCUT2D eigenvalue weighted by Gasteiger charge is -2.30. The molecule has 0 unspecified atom stereocenters. The lowest BCUT2D eigenvalue weighted by molar-refractivity contribution is -0.144. The Kier molecular flexibility index (Phi) is 44.1. The Hall–Kier alpha value is -9.45. The quantitative estimate of drug-likeness (QED) is 0.0214. The van der Waals surface area contributed by atoms with Crippen molar-refractivity contribution in [3.63, 3.8) is 0 Å². The van der Waals surface area contributed by atoms with Crippen molar-refractivity contribution >= 4 is 126 Å². The Bertz CT molecular complexity index is 3210. The van der Waals surface area contributed by atoms with Crippen LogP contribution in [-0.2, 0) is 87.9 Å². The van der Waals surface area contributed by atoms with Crippen molar-refractivity contribution in [3.8, 4) is 5.75 Å². The minimum absolute atomic E-state index is 0.00824. The highest BCUT2D eigenvalue weighted by atomic mass is 32.1. The highest BCUT2D eigenvalue weighted by molar-refractivity contribution is 7.80. The van der Waals surface area contributed by atoms with Crippen LogP contribution in [0.2, 0.25) is 0 Å². The van der Waals surface area contributed by atoms with Crippen molar-refractivity contribution in [3.05, 3.63) is 29.8 Å². The lowest BCUT2D eigenvalue weighted by atomic mass is 9.96. The second-order valence-electron chi connectivity index (χ2n) is 26.1. The molecule has 1 aromatic rings. The lowest BCUT2D eigenvalue weighted by Crippen LogP contribution is -2.62. The summed E-state index contributed by atoms with van der Waals surface area (Å²) in [7, 11) is 0. The molecule has 1 rings (SSSR count). The summed E-state index contributed by atoms with van der Waals surface area (Å²) in [6.07, 6.45) is -3.70. The van der Waals surface area contributed by atoms with E-state index in [-0.39, 0.29) is 56.9 Å². The van der Waals surface area contributed by atoms with E-state index >= 15 is 0 Å². The molecule has 0 heterocycles. The normalized spacial score (nSPS) is 15.6. The molecule has 107 heavy (non-hydrogen) atoms. The van der Waals surface area contributed by atoms with E-state index in [1.165, 1.54) is 19.1 Å². The monoisotopic (exact) mass is 1560 g/mol. The molecular weight excluding hydrogens is 1450 g/mol. The first-order valence-electron chi connectivity index (χ1n) is 34.8. The number of unbranched alkanes of at least 4 members (excludes halogenated alkanes) is 2. The fourth-order valence-electron chi connectivity index (χ4n) is 10.0. The van der Waals surface area contributed by atoms with E-state index in [2.05, 4.69) is 94.4 Å². The third-order valence-corrected chi connectivity index (χ3v) is 17.3. The Morgan fingerprint density at radius 1 is 0.402 bits per heavy atom. The van der Waals surface area contributed by atoms with Crippen LogP contribution in [0, 0.1) is 11.8 Å². The van der Waals surface area contributed by atoms with Gasteiger partial charge in [0.1, 0.15) is 84.3 Å². The summed E-state index contributed by atoms with van der Waals surface area (Å²) in [6.45, 7) is 11.9. The summed E-state index contributed by atoms with van der Waals surface area (Å²) in [5.74, 6) is -21.5. The van der Waals surface area contributed by atoms with Crippen LogP contribution in [0.25, 0.3) is 0 Å². The first-order valence-corrected chi connectivity index (χ1v) is 36.1. The molecule has 0 aliphatic rings.